The first kappa shape index (κ1) is 18.4. The van der Waals surface area contributed by atoms with Gasteiger partial charge in [-0.3, -0.25) is 14.4 Å². The summed E-state index contributed by atoms with van der Waals surface area (Å²) in [6, 6.07) is 12.0. The summed E-state index contributed by atoms with van der Waals surface area (Å²) in [5.41, 5.74) is 5.82. The fourth-order valence-corrected chi connectivity index (χ4v) is 2.65. The van der Waals surface area contributed by atoms with Crippen molar-refractivity contribution in [3.63, 3.8) is 0 Å². The number of hydrogen-bond donors (Lipinski definition) is 2. The van der Waals surface area contributed by atoms with Gasteiger partial charge in [0.1, 0.15) is 6.04 Å². The number of ether oxygens (including phenoxy) is 1. The molecule has 0 aliphatic rings. The summed E-state index contributed by atoms with van der Waals surface area (Å²) >= 11 is 0. The van der Waals surface area contributed by atoms with E-state index in [0.29, 0.717) is 5.56 Å². The number of carbonyl (C=O) groups excluding carboxylic acids is 3. The van der Waals surface area contributed by atoms with Gasteiger partial charge in [-0.05, 0) is 35.7 Å². The molecule has 2 rings (SSSR count). The first-order chi connectivity index (χ1) is 11.9. The largest absolute Gasteiger partial charge is 0.466 e. The van der Waals surface area contributed by atoms with Crippen LogP contribution in [0.4, 0.5) is 0 Å². The molecule has 0 unspecified atom stereocenters. The van der Waals surface area contributed by atoms with E-state index in [1.807, 2.05) is 30.3 Å². The van der Waals surface area contributed by atoms with Crippen LogP contribution in [0.25, 0.3) is 10.8 Å². The predicted molar refractivity (Wildman–Crippen MR) is 94.8 cm³/mol. The first-order valence-electron chi connectivity index (χ1n) is 8.17. The molecule has 0 aromatic heterocycles. The normalized spacial score (nSPS) is 13.0. The number of esters is 1. The molecule has 0 aliphatic heterocycles. The molecule has 6 nitrogen and oxygen atoms in total. The fourth-order valence-electron chi connectivity index (χ4n) is 2.65. The van der Waals surface area contributed by atoms with Crippen LogP contribution in [0.2, 0.25) is 0 Å². The Morgan fingerprint density at radius 3 is 2.44 bits per heavy atom. The van der Waals surface area contributed by atoms with Crippen LogP contribution < -0.4 is 11.1 Å². The number of nitrogens with one attached hydrogen (secondary N) is 1. The lowest BCUT2D eigenvalue weighted by atomic mass is 9.97. The Morgan fingerprint density at radius 1 is 1.12 bits per heavy atom. The van der Waals surface area contributed by atoms with Crippen LogP contribution in [0.15, 0.2) is 42.5 Å². The number of primary amides is 1. The fraction of sp³-hybridized carbons (Fsp3) is 0.316. The molecule has 25 heavy (non-hydrogen) atoms. The van der Waals surface area contributed by atoms with E-state index in [1.54, 1.807) is 26.0 Å². The summed E-state index contributed by atoms with van der Waals surface area (Å²) in [4.78, 5) is 35.8. The first-order valence-corrected chi connectivity index (χ1v) is 8.17. The summed E-state index contributed by atoms with van der Waals surface area (Å²) in [7, 11) is 0. The van der Waals surface area contributed by atoms with E-state index in [4.69, 9.17) is 10.5 Å². The smallest absolute Gasteiger partial charge is 0.306 e. The van der Waals surface area contributed by atoms with Gasteiger partial charge in [0.15, 0.2) is 0 Å². The zero-order valence-electron chi connectivity index (χ0n) is 14.3. The topological polar surface area (TPSA) is 98.5 Å². The number of benzene rings is 2. The van der Waals surface area contributed by atoms with E-state index in [-0.39, 0.29) is 13.0 Å². The molecule has 2 atom stereocenters. The lowest BCUT2D eigenvalue weighted by Crippen LogP contribution is -2.49. The lowest BCUT2D eigenvalue weighted by molar-refractivity contribution is -0.144. The van der Waals surface area contributed by atoms with E-state index < -0.39 is 29.7 Å². The van der Waals surface area contributed by atoms with Crippen LogP contribution in [-0.2, 0) is 14.3 Å². The highest BCUT2D eigenvalue weighted by atomic mass is 16.5. The summed E-state index contributed by atoms with van der Waals surface area (Å²) in [5.74, 6) is -2.00. The third-order valence-corrected chi connectivity index (χ3v) is 3.97. The van der Waals surface area contributed by atoms with Crippen molar-refractivity contribution in [3.8, 4) is 0 Å². The van der Waals surface area contributed by atoms with E-state index in [2.05, 4.69) is 5.32 Å². The molecule has 0 heterocycles. The lowest BCUT2D eigenvalue weighted by Gasteiger charge is -2.21. The zero-order valence-corrected chi connectivity index (χ0v) is 14.3. The van der Waals surface area contributed by atoms with Crippen molar-refractivity contribution in [1.82, 2.24) is 5.32 Å². The monoisotopic (exact) mass is 342 g/mol. The van der Waals surface area contributed by atoms with Crippen LogP contribution in [0, 0.1) is 5.92 Å². The molecule has 0 radical (unpaired) electrons. The van der Waals surface area contributed by atoms with Gasteiger partial charge in [-0.25, -0.2) is 0 Å². The van der Waals surface area contributed by atoms with Crippen molar-refractivity contribution in [1.29, 1.82) is 0 Å². The minimum atomic E-state index is -0.955. The molecule has 0 saturated heterocycles. The highest BCUT2D eigenvalue weighted by Crippen LogP contribution is 2.16. The summed E-state index contributed by atoms with van der Waals surface area (Å²) in [5, 5.41) is 4.56. The molecule has 3 N–H and O–H groups in total. The van der Waals surface area contributed by atoms with Crippen molar-refractivity contribution in [3.05, 3.63) is 48.0 Å². The van der Waals surface area contributed by atoms with Gasteiger partial charge in [0, 0.05) is 5.56 Å². The molecule has 0 bridgehead atoms. The van der Waals surface area contributed by atoms with Crippen LogP contribution in [0.5, 0.6) is 0 Å². The van der Waals surface area contributed by atoms with Gasteiger partial charge in [0.05, 0.1) is 13.0 Å². The minimum Gasteiger partial charge on any atom is -0.466 e. The van der Waals surface area contributed by atoms with Gasteiger partial charge in [0.2, 0.25) is 5.91 Å². The second-order valence-electron chi connectivity index (χ2n) is 5.90. The van der Waals surface area contributed by atoms with Crippen molar-refractivity contribution >= 4 is 28.6 Å². The average Bonchev–Trinajstić information content (AvgIpc) is 2.58. The molecule has 0 fully saturated rings. The molecule has 0 saturated carbocycles. The number of rotatable bonds is 7. The Morgan fingerprint density at radius 2 is 1.80 bits per heavy atom. The number of nitrogens with two attached hydrogens (primary N) is 1. The minimum absolute atomic E-state index is 0.000549. The van der Waals surface area contributed by atoms with Crippen LogP contribution >= 0.6 is 0 Å². The predicted octanol–water partition coefficient (Wildman–Crippen LogP) is 2.01. The van der Waals surface area contributed by atoms with Crippen LogP contribution in [0.1, 0.15) is 30.6 Å². The van der Waals surface area contributed by atoms with Gasteiger partial charge in [-0.2, -0.15) is 0 Å². The van der Waals surface area contributed by atoms with Gasteiger partial charge in [-0.1, -0.05) is 37.3 Å². The Balaban J connectivity index is 2.13. The molecular formula is C19H22N2O4. The number of hydrogen-bond acceptors (Lipinski definition) is 4. The van der Waals surface area contributed by atoms with Crippen LogP contribution in [0.3, 0.4) is 0 Å². The van der Waals surface area contributed by atoms with Crippen molar-refractivity contribution < 1.29 is 19.1 Å². The standard InChI is InChI=1S/C19H22N2O4/c1-3-25-16(22)10-12(2)17(18(20)23)21-19(24)15-9-8-13-6-4-5-7-14(13)11-15/h4-9,11-12,17H,3,10H2,1-2H3,(H2,20,23)(H,21,24)/t12-,17-/m1/s1. The molecule has 2 aromatic rings. The van der Waals surface area contributed by atoms with Gasteiger partial charge < -0.3 is 15.8 Å². The highest BCUT2D eigenvalue weighted by molar-refractivity contribution is 6.00. The number of carbonyl (C=O) groups is 3. The summed E-state index contributed by atoms with van der Waals surface area (Å²) < 4.78 is 4.88. The molecule has 6 heteroatoms. The van der Waals surface area contributed by atoms with Crippen molar-refractivity contribution in [2.45, 2.75) is 26.3 Å². The SMILES string of the molecule is CCOC(=O)C[C@@H](C)[C@@H](NC(=O)c1ccc2ccccc2c1)C(N)=O. The molecule has 2 aromatic carbocycles. The maximum absolute atomic E-state index is 12.5. The molecule has 132 valence electrons. The Bertz CT molecular complexity index is 788. The van der Waals surface area contributed by atoms with E-state index in [9.17, 15) is 14.4 Å². The molecule has 2 amide bonds. The Kier molecular flexibility index (Phi) is 6.11. The Labute approximate surface area is 146 Å². The van der Waals surface area contributed by atoms with E-state index in [1.165, 1.54) is 0 Å². The van der Waals surface area contributed by atoms with Crippen molar-refractivity contribution in [2.24, 2.45) is 11.7 Å². The average molecular weight is 342 g/mol. The number of fused-ring (bicyclic) bond motifs is 1. The van der Waals surface area contributed by atoms with Gasteiger partial charge >= 0.3 is 5.97 Å². The maximum Gasteiger partial charge on any atom is 0.306 e. The summed E-state index contributed by atoms with van der Waals surface area (Å²) in [6.07, 6.45) is -0.000549. The van der Waals surface area contributed by atoms with E-state index >= 15 is 0 Å². The molecule has 0 spiro atoms. The van der Waals surface area contributed by atoms with E-state index in [0.717, 1.165) is 10.8 Å². The van der Waals surface area contributed by atoms with Gasteiger partial charge in [-0.15, -0.1) is 0 Å². The summed E-state index contributed by atoms with van der Waals surface area (Å²) in [6.45, 7) is 3.64. The van der Waals surface area contributed by atoms with Crippen molar-refractivity contribution in [2.75, 3.05) is 6.61 Å². The van der Waals surface area contributed by atoms with Crippen LogP contribution in [-0.4, -0.2) is 30.4 Å². The molecule has 0 aliphatic carbocycles. The zero-order chi connectivity index (χ0) is 18.4. The molecular weight excluding hydrogens is 320 g/mol. The maximum atomic E-state index is 12.5. The second kappa shape index (κ2) is 8.28. The Hall–Kier alpha value is -2.89. The van der Waals surface area contributed by atoms with Gasteiger partial charge in [0.25, 0.3) is 5.91 Å². The quantitative estimate of drug-likeness (QED) is 0.752. The third-order valence-electron chi connectivity index (χ3n) is 3.97. The highest BCUT2D eigenvalue weighted by Gasteiger charge is 2.27. The third kappa shape index (κ3) is 4.79. The number of amides is 2. The second-order valence-corrected chi connectivity index (χ2v) is 5.90.